The van der Waals surface area contributed by atoms with Crippen molar-refractivity contribution in [3.05, 3.63) is 108 Å². The fraction of sp³-hybridized carbons (Fsp3) is 0.0357. The normalized spacial score (nSPS) is 12.8. The number of benzene rings is 4. The molecule has 1 aliphatic rings. The Balaban J connectivity index is 1.70. The monoisotopic (exact) mass is 417 g/mol. The van der Waals surface area contributed by atoms with E-state index in [1.54, 1.807) is 6.07 Å². The Labute approximate surface area is 185 Å². The summed E-state index contributed by atoms with van der Waals surface area (Å²) in [4.78, 5) is 15.1. The molecule has 154 valence electrons. The van der Waals surface area contributed by atoms with Gasteiger partial charge in [-0.05, 0) is 42.8 Å². The molecule has 0 unspecified atom stereocenters. The highest BCUT2D eigenvalue weighted by Crippen LogP contribution is 2.51. The van der Waals surface area contributed by atoms with Crippen molar-refractivity contribution in [3.63, 3.8) is 0 Å². The van der Waals surface area contributed by atoms with Crippen LogP contribution in [0.4, 0.5) is 17.3 Å². The molecule has 0 aliphatic carbocycles. The molecule has 0 amide bonds. The van der Waals surface area contributed by atoms with Crippen molar-refractivity contribution in [1.82, 2.24) is 0 Å². The summed E-state index contributed by atoms with van der Waals surface area (Å²) >= 11 is 0. The number of fused-ring (bicyclic) bond motifs is 4. The van der Waals surface area contributed by atoms with Crippen LogP contribution < -0.4 is 9.64 Å². The zero-order valence-electron chi connectivity index (χ0n) is 17.4. The molecular weight excluding hydrogens is 398 g/mol. The number of hydrogen-bond donors (Lipinski definition) is 0. The first kappa shape index (κ1) is 18.5. The van der Waals surface area contributed by atoms with Crippen LogP contribution in [-0.4, -0.2) is 5.97 Å². The van der Waals surface area contributed by atoms with Crippen molar-refractivity contribution in [2.45, 2.75) is 6.92 Å². The first-order chi connectivity index (χ1) is 15.7. The van der Waals surface area contributed by atoms with E-state index in [1.807, 2.05) is 84.6 Å². The third-order valence-electron chi connectivity index (χ3n) is 5.77. The van der Waals surface area contributed by atoms with Gasteiger partial charge in [0, 0.05) is 5.56 Å². The molecule has 0 spiro atoms. The molecule has 1 aliphatic heterocycles. The zero-order valence-corrected chi connectivity index (χ0v) is 17.4. The van der Waals surface area contributed by atoms with E-state index in [4.69, 9.17) is 9.15 Å². The van der Waals surface area contributed by atoms with Gasteiger partial charge in [0.1, 0.15) is 5.58 Å². The Kier molecular flexibility index (Phi) is 4.12. The number of para-hydroxylation sites is 2. The summed E-state index contributed by atoms with van der Waals surface area (Å²) in [5, 5.41) is 0.781. The lowest BCUT2D eigenvalue weighted by molar-refractivity contribution is 0.0740. The number of furan rings is 1. The second-order valence-corrected chi connectivity index (χ2v) is 7.86. The third kappa shape index (κ3) is 2.81. The lowest BCUT2D eigenvalue weighted by Gasteiger charge is -2.25. The number of nitrogens with zero attached hydrogens (tertiary/aromatic N) is 1. The minimum Gasteiger partial charge on any atom is -0.436 e. The Morgan fingerprint density at radius 3 is 2.16 bits per heavy atom. The van der Waals surface area contributed by atoms with Gasteiger partial charge < -0.3 is 9.15 Å². The highest BCUT2D eigenvalue weighted by molar-refractivity contribution is 6.07. The Morgan fingerprint density at radius 2 is 1.38 bits per heavy atom. The van der Waals surface area contributed by atoms with Gasteiger partial charge in [-0.15, -0.1) is 0 Å². The number of aryl methyl sites for hydroxylation is 1. The van der Waals surface area contributed by atoms with Crippen molar-refractivity contribution >= 4 is 34.2 Å². The first-order valence-electron chi connectivity index (χ1n) is 10.5. The Morgan fingerprint density at radius 1 is 0.719 bits per heavy atom. The van der Waals surface area contributed by atoms with Crippen molar-refractivity contribution < 1.29 is 13.9 Å². The molecule has 0 saturated carbocycles. The minimum atomic E-state index is -0.397. The maximum absolute atomic E-state index is 13.1. The predicted octanol–water partition coefficient (Wildman–Crippen LogP) is 7.41. The summed E-state index contributed by atoms with van der Waals surface area (Å²) in [6.45, 7) is 2.01. The van der Waals surface area contributed by atoms with Gasteiger partial charge in [-0.3, -0.25) is 4.90 Å². The van der Waals surface area contributed by atoms with Crippen molar-refractivity contribution in [2.24, 2.45) is 0 Å². The quantitative estimate of drug-likeness (QED) is 0.281. The molecule has 0 atom stereocenters. The molecular formula is C28H19NO3. The van der Waals surface area contributed by atoms with E-state index < -0.39 is 5.97 Å². The van der Waals surface area contributed by atoms with Gasteiger partial charge >= 0.3 is 5.97 Å². The topological polar surface area (TPSA) is 42.7 Å². The second-order valence-electron chi connectivity index (χ2n) is 7.86. The summed E-state index contributed by atoms with van der Waals surface area (Å²) in [6.07, 6.45) is 0. The van der Waals surface area contributed by atoms with E-state index in [1.165, 1.54) is 0 Å². The lowest BCUT2D eigenvalue weighted by Crippen LogP contribution is -2.12. The van der Waals surface area contributed by atoms with Gasteiger partial charge in [-0.1, -0.05) is 72.3 Å². The van der Waals surface area contributed by atoms with Crippen molar-refractivity contribution in [1.29, 1.82) is 0 Å². The first-order valence-corrected chi connectivity index (χ1v) is 10.5. The van der Waals surface area contributed by atoms with Crippen LogP contribution in [0.15, 0.2) is 101 Å². The number of esters is 1. The Hall–Kier alpha value is -4.31. The minimum absolute atomic E-state index is 0.397. The molecule has 4 aromatic carbocycles. The van der Waals surface area contributed by atoms with Crippen LogP contribution in [-0.2, 0) is 0 Å². The summed E-state index contributed by atoms with van der Waals surface area (Å²) in [5.74, 6) is 0.533. The van der Waals surface area contributed by atoms with Gasteiger partial charge in [0.15, 0.2) is 0 Å². The van der Waals surface area contributed by atoms with E-state index in [0.717, 1.165) is 33.5 Å². The SMILES string of the molecule is Cc1ccc2oc3c(c2c1)OC(=O)c1ccccc1N3c1ccccc1-c1ccccc1. The average Bonchev–Trinajstić information content (AvgIpc) is 3.11. The summed E-state index contributed by atoms with van der Waals surface area (Å²) in [6, 6.07) is 31.7. The maximum Gasteiger partial charge on any atom is 0.345 e. The lowest BCUT2D eigenvalue weighted by atomic mass is 10.0. The van der Waals surface area contributed by atoms with Crippen LogP contribution in [0.2, 0.25) is 0 Å². The van der Waals surface area contributed by atoms with Crippen LogP contribution in [0.1, 0.15) is 15.9 Å². The molecule has 0 N–H and O–H groups in total. The second kappa shape index (κ2) is 7.13. The van der Waals surface area contributed by atoms with Gasteiger partial charge in [-0.2, -0.15) is 0 Å². The molecule has 0 fully saturated rings. The van der Waals surface area contributed by atoms with E-state index in [2.05, 4.69) is 18.2 Å². The molecule has 6 rings (SSSR count). The zero-order chi connectivity index (χ0) is 21.7. The number of anilines is 3. The molecule has 0 radical (unpaired) electrons. The molecule has 2 heterocycles. The van der Waals surface area contributed by atoms with E-state index in [9.17, 15) is 4.79 Å². The smallest absolute Gasteiger partial charge is 0.345 e. The summed E-state index contributed by atoms with van der Waals surface area (Å²) in [5.41, 5.74) is 5.95. The number of ether oxygens (including phenoxy) is 1. The fourth-order valence-electron chi connectivity index (χ4n) is 4.29. The number of carbonyl (C=O) groups excluding carboxylic acids is 1. The number of carbonyl (C=O) groups is 1. The van der Waals surface area contributed by atoms with Crippen LogP contribution in [0.25, 0.3) is 22.1 Å². The van der Waals surface area contributed by atoms with Crippen LogP contribution in [0.3, 0.4) is 0 Å². The standard InChI is InChI=1S/C28H19NO3/c1-18-15-16-25-22(17-18)26-27(31-25)29(24-14-8-6-12-21(24)28(30)32-26)23-13-7-5-11-20(23)19-9-3-2-4-10-19/h2-17H,1H3. The number of hydrogen-bond acceptors (Lipinski definition) is 4. The van der Waals surface area contributed by atoms with Crippen molar-refractivity contribution in [2.75, 3.05) is 4.90 Å². The van der Waals surface area contributed by atoms with E-state index in [-0.39, 0.29) is 0 Å². The van der Waals surface area contributed by atoms with E-state index >= 15 is 0 Å². The molecule has 0 bridgehead atoms. The molecule has 0 saturated heterocycles. The Bertz CT molecular complexity index is 1480. The molecule has 5 aromatic rings. The third-order valence-corrected chi connectivity index (χ3v) is 5.77. The largest absolute Gasteiger partial charge is 0.436 e. The highest BCUT2D eigenvalue weighted by atomic mass is 16.5. The molecule has 4 nitrogen and oxygen atoms in total. The van der Waals surface area contributed by atoms with Crippen LogP contribution in [0.5, 0.6) is 5.75 Å². The maximum atomic E-state index is 13.1. The fourth-order valence-corrected chi connectivity index (χ4v) is 4.29. The van der Waals surface area contributed by atoms with Gasteiger partial charge in [-0.25, -0.2) is 4.79 Å². The van der Waals surface area contributed by atoms with E-state index in [0.29, 0.717) is 22.8 Å². The summed E-state index contributed by atoms with van der Waals surface area (Å²) in [7, 11) is 0. The average molecular weight is 417 g/mol. The van der Waals surface area contributed by atoms with Crippen LogP contribution in [0, 0.1) is 6.92 Å². The highest BCUT2D eigenvalue weighted by Gasteiger charge is 2.33. The molecule has 4 heteroatoms. The van der Waals surface area contributed by atoms with Gasteiger partial charge in [0.25, 0.3) is 0 Å². The van der Waals surface area contributed by atoms with Crippen molar-refractivity contribution in [3.8, 4) is 16.9 Å². The molecule has 1 aromatic heterocycles. The van der Waals surface area contributed by atoms with Gasteiger partial charge in [0.2, 0.25) is 11.6 Å². The van der Waals surface area contributed by atoms with Gasteiger partial charge in [0.05, 0.1) is 22.3 Å². The summed E-state index contributed by atoms with van der Waals surface area (Å²) < 4.78 is 12.3. The number of rotatable bonds is 2. The van der Waals surface area contributed by atoms with Crippen LogP contribution >= 0.6 is 0 Å². The predicted molar refractivity (Wildman–Crippen MR) is 126 cm³/mol. The molecule has 32 heavy (non-hydrogen) atoms.